The molecule has 0 spiro atoms. The summed E-state index contributed by atoms with van der Waals surface area (Å²) in [6, 6.07) is -0.208. The molecule has 1 amide bonds. The minimum Gasteiger partial charge on any atom is -0.333 e. The summed E-state index contributed by atoms with van der Waals surface area (Å²) in [7, 11) is 0. The van der Waals surface area contributed by atoms with Gasteiger partial charge < -0.3 is 4.57 Å². The maximum Gasteiger partial charge on any atom is 0.250 e. The van der Waals surface area contributed by atoms with Gasteiger partial charge in [-0.1, -0.05) is 0 Å². The Labute approximate surface area is 88.0 Å². The van der Waals surface area contributed by atoms with Crippen LogP contribution in [0, 0.1) is 0 Å². The van der Waals surface area contributed by atoms with Crippen molar-refractivity contribution < 1.29 is 4.79 Å². The number of hydrogen-bond acceptors (Lipinski definition) is 4. The molecule has 3 N–H and O–H groups in total. The SMILES string of the molecule is CC(C(=O)NN)N1CCn2ccnc2C1. The van der Waals surface area contributed by atoms with E-state index in [9.17, 15) is 4.79 Å². The van der Waals surface area contributed by atoms with Crippen LogP contribution in [0.15, 0.2) is 12.4 Å². The molecule has 0 bridgehead atoms. The van der Waals surface area contributed by atoms with Crippen molar-refractivity contribution in [2.24, 2.45) is 5.84 Å². The molecule has 6 heteroatoms. The predicted molar refractivity (Wildman–Crippen MR) is 54.4 cm³/mol. The second-order valence-electron chi connectivity index (χ2n) is 3.69. The van der Waals surface area contributed by atoms with Crippen molar-refractivity contribution in [3.63, 3.8) is 0 Å². The highest BCUT2D eigenvalue weighted by atomic mass is 16.2. The summed E-state index contributed by atoms with van der Waals surface area (Å²) in [5, 5.41) is 0. The topological polar surface area (TPSA) is 76.2 Å². The Morgan fingerprint density at radius 2 is 2.47 bits per heavy atom. The monoisotopic (exact) mass is 209 g/mol. The molecule has 0 saturated carbocycles. The van der Waals surface area contributed by atoms with Gasteiger partial charge in [0, 0.05) is 25.5 Å². The first-order valence-electron chi connectivity index (χ1n) is 4.97. The van der Waals surface area contributed by atoms with Gasteiger partial charge in [-0.2, -0.15) is 0 Å². The first kappa shape index (κ1) is 10.1. The largest absolute Gasteiger partial charge is 0.333 e. The average Bonchev–Trinajstić information content (AvgIpc) is 2.73. The standard InChI is InChI=1S/C9H15N5O/c1-7(9(15)12-10)14-5-4-13-3-2-11-8(13)6-14/h2-3,7H,4-6,10H2,1H3,(H,12,15). The molecule has 0 fully saturated rings. The molecule has 0 radical (unpaired) electrons. The lowest BCUT2D eigenvalue weighted by Crippen LogP contribution is -2.49. The fourth-order valence-electron chi connectivity index (χ4n) is 1.81. The third kappa shape index (κ3) is 1.86. The number of nitrogens with one attached hydrogen (secondary N) is 1. The number of rotatable bonds is 2. The number of carbonyl (C=O) groups is 1. The summed E-state index contributed by atoms with van der Waals surface area (Å²) in [6.07, 6.45) is 3.74. The molecular formula is C9H15N5O. The van der Waals surface area contributed by atoms with E-state index in [1.54, 1.807) is 6.20 Å². The first-order chi connectivity index (χ1) is 7.22. The molecule has 15 heavy (non-hydrogen) atoms. The van der Waals surface area contributed by atoms with Crippen molar-refractivity contribution in [2.75, 3.05) is 6.54 Å². The molecule has 1 aliphatic heterocycles. The van der Waals surface area contributed by atoms with Gasteiger partial charge in [0.15, 0.2) is 0 Å². The zero-order chi connectivity index (χ0) is 10.8. The second-order valence-corrected chi connectivity index (χ2v) is 3.69. The normalized spacial score (nSPS) is 18.3. The Kier molecular flexibility index (Phi) is 2.70. The van der Waals surface area contributed by atoms with E-state index >= 15 is 0 Å². The third-order valence-corrected chi connectivity index (χ3v) is 2.84. The number of hydrogen-bond donors (Lipinski definition) is 2. The second kappa shape index (κ2) is 4.00. The molecule has 0 saturated heterocycles. The van der Waals surface area contributed by atoms with Crippen LogP contribution in [0.2, 0.25) is 0 Å². The Balaban J connectivity index is 2.06. The van der Waals surface area contributed by atoms with E-state index in [2.05, 4.69) is 19.9 Å². The molecular weight excluding hydrogens is 194 g/mol. The van der Waals surface area contributed by atoms with Gasteiger partial charge in [-0.25, -0.2) is 10.8 Å². The van der Waals surface area contributed by atoms with Crippen LogP contribution in [0.25, 0.3) is 0 Å². The Morgan fingerprint density at radius 3 is 3.20 bits per heavy atom. The van der Waals surface area contributed by atoms with E-state index in [0.29, 0.717) is 6.54 Å². The molecule has 1 aromatic heterocycles. The van der Waals surface area contributed by atoms with E-state index in [-0.39, 0.29) is 11.9 Å². The first-order valence-corrected chi connectivity index (χ1v) is 4.97. The zero-order valence-corrected chi connectivity index (χ0v) is 8.68. The van der Waals surface area contributed by atoms with Gasteiger partial charge in [0.25, 0.3) is 5.91 Å². The van der Waals surface area contributed by atoms with Crippen LogP contribution in [-0.2, 0) is 17.9 Å². The molecule has 1 aromatic rings. The van der Waals surface area contributed by atoms with E-state index in [1.807, 2.05) is 13.1 Å². The van der Waals surface area contributed by atoms with E-state index in [0.717, 1.165) is 18.9 Å². The summed E-state index contributed by atoms with van der Waals surface area (Å²) < 4.78 is 2.10. The fraction of sp³-hybridized carbons (Fsp3) is 0.556. The summed E-state index contributed by atoms with van der Waals surface area (Å²) in [5.41, 5.74) is 2.17. The van der Waals surface area contributed by atoms with Crippen LogP contribution >= 0.6 is 0 Å². The lowest BCUT2D eigenvalue weighted by molar-refractivity contribution is -0.126. The minimum absolute atomic E-state index is 0.157. The molecule has 0 aliphatic carbocycles. The van der Waals surface area contributed by atoms with Crippen molar-refractivity contribution in [3.05, 3.63) is 18.2 Å². The van der Waals surface area contributed by atoms with Gasteiger partial charge in [-0.3, -0.25) is 15.1 Å². The summed E-state index contributed by atoms with van der Waals surface area (Å²) in [5.74, 6) is 5.95. The molecule has 6 nitrogen and oxygen atoms in total. The van der Waals surface area contributed by atoms with Crippen molar-refractivity contribution in [1.29, 1.82) is 0 Å². The van der Waals surface area contributed by atoms with Gasteiger partial charge in [0.1, 0.15) is 5.82 Å². The van der Waals surface area contributed by atoms with Crippen LogP contribution in [-0.4, -0.2) is 32.9 Å². The number of hydrazine groups is 1. The molecule has 1 unspecified atom stereocenters. The highest BCUT2D eigenvalue weighted by molar-refractivity contribution is 5.80. The summed E-state index contributed by atoms with van der Waals surface area (Å²) >= 11 is 0. The predicted octanol–water partition coefficient (Wildman–Crippen LogP) is -0.923. The smallest absolute Gasteiger partial charge is 0.250 e. The fourth-order valence-corrected chi connectivity index (χ4v) is 1.81. The van der Waals surface area contributed by atoms with Gasteiger partial charge in [-0.15, -0.1) is 0 Å². The average molecular weight is 209 g/mol. The van der Waals surface area contributed by atoms with Crippen molar-refractivity contribution in [1.82, 2.24) is 19.9 Å². The van der Waals surface area contributed by atoms with Gasteiger partial charge in [-0.05, 0) is 6.92 Å². The maximum atomic E-state index is 11.4. The number of aromatic nitrogens is 2. The third-order valence-electron chi connectivity index (χ3n) is 2.84. The summed E-state index contributed by atoms with van der Waals surface area (Å²) in [6.45, 7) is 4.26. The summed E-state index contributed by atoms with van der Waals surface area (Å²) in [4.78, 5) is 17.6. The highest BCUT2D eigenvalue weighted by Gasteiger charge is 2.25. The van der Waals surface area contributed by atoms with Crippen LogP contribution in [0.5, 0.6) is 0 Å². The number of fused-ring (bicyclic) bond motifs is 1. The minimum atomic E-state index is -0.208. The zero-order valence-electron chi connectivity index (χ0n) is 8.68. The van der Waals surface area contributed by atoms with Crippen LogP contribution < -0.4 is 11.3 Å². The van der Waals surface area contributed by atoms with Crippen LogP contribution in [0.1, 0.15) is 12.7 Å². The molecule has 0 aromatic carbocycles. The van der Waals surface area contributed by atoms with Crippen molar-refractivity contribution >= 4 is 5.91 Å². The molecule has 1 atom stereocenters. The Hall–Kier alpha value is -1.40. The quantitative estimate of drug-likeness (QED) is 0.375. The molecule has 2 heterocycles. The Morgan fingerprint density at radius 1 is 1.67 bits per heavy atom. The van der Waals surface area contributed by atoms with Crippen LogP contribution in [0.4, 0.5) is 0 Å². The highest BCUT2D eigenvalue weighted by Crippen LogP contribution is 2.12. The lowest BCUT2D eigenvalue weighted by atomic mass is 10.2. The lowest BCUT2D eigenvalue weighted by Gasteiger charge is -2.31. The molecule has 1 aliphatic rings. The van der Waals surface area contributed by atoms with Crippen LogP contribution in [0.3, 0.4) is 0 Å². The Bertz CT molecular complexity index is 361. The van der Waals surface area contributed by atoms with E-state index in [4.69, 9.17) is 5.84 Å². The van der Waals surface area contributed by atoms with Gasteiger partial charge >= 0.3 is 0 Å². The van der Waals surface area contributed by atoms with Gasteiger partial charge in [0.05, 0.1) is 12.6 Å². The van der Waals surface area contributed by atoms with Crippen molar-refractivity contribution in [3.8, 4) is 0 Å². The molecule has 2 rings (SSSR count). The number of nitrogens with two attached hydrogens (primary N) is 1. The van der Waals surface area contributed by atoms with E-state index in [1.165, 1.54) is 0 Å². The number of carbonyl (C=O) groups excluding carboxylic acids is 1. The van der Waals surface area contributed by atoms with E-state index < -0.39 is 0 Å². The molecule has 82 valence electrons. The van der Waals surface area contributed by atoms with Gasteiger partial charge in [0.2, 0.25) is 0 Å². The number of imidazole rings is 1. The number of nitrogens with zero attached hydrogens (tertiary/aromatic N) is 3. The number of amides is 1. The maximum absolute atomic E-state index is 11.4. The van der Waals surface area contributed by atoms with Crippen molar-refractivity contribution in [2.45, 2.75) is 26.1 Å².